The van der Waals surface area contributed by atoms with Crippen molar-refractivity contribution >= 4 is 38.9 Å². The minimum Gasteiger partial charge on any atom is -0.347 e. The second-order valence-electron chi connectivity index (χ2n) is 4.63. The Labute approximate surface area is 127 Å². The molecule has 0 spiro atoms. The maximum Gasteiger partial charge on any atom is 0.253 e. The van der Waals surface area contributed by atoms with Gasteiger partial charge in [0.05, 0.1) is 4.34 Å². The Morgan fingerprint density at radius 1 is 1.50 bits per heavy atom. The van der Waals surface area contributed by atoms with Crippen LogP contribution >= 0.6 is 22.9 Å². The van der Waals surface area contributed by atoms with E-state index in [4.69, 9.17) is 11.6 Å². The number of thiophene rings is 1. The van der Waals surface area contributed by atoms with Crippen LogP contribution in [0.3, 0.4) is 0 Å². The van der Waals surface area contributed by atoms with Crippen LogP contribution in [0.25, 0.3) is 0 Å². The zero-order chi connectivity index (χ0) is 14.9. The van der Waals surface area contributed by atoms with Crippen LogP contribution in [0.15, 0.2) is 16.3 Å². The van der Waals surface area contributed by atoms with Gasteiger partial charge in [0.1, 0.15) is 10.3 Å². The van der Waals surface area contributed by atoms with E-state index in [1.165, 1.54) is 15.3 Å². The number of piperazine rings is 1. The molecule has 1 N–H and O–H groups in total. The molecule has 1 aliphatic heterocycles. The SMILES string of the molecule is CN(C)C(=O)C1CNCCN1S(=O)(=O)c1ccc(Cl)s1. The Balaban J connectivity index is 2.34. The number of rotatable bonds is 3. The number of carbonyl (C=O) groups is 1. The highest BCUT2D eigenvalue weighted by Gasteiger charge is 2.38. The minimum absolute atomic E-state index is 0.168. The summed E-state index contributed by atoms with van der Waals surface area (Å²) >= 11 is 6.80. The molecule has 20 heavy (non-hydrogen) atoms. The third kappa shape index (κ3) is 2.99. The summed E-state index contributed by atoms with van der Waals surface area (Å²) in [6, 6.07) is 2.30. The van der Waals surface area contributed by atoms with Gasteiger partial charge in [0.25, 0.3) is 10.0 Å². The molecule has 6 nitrogen and oxygen atoms in total. The summed E-state index contributed by atoms with van der Waals surface area (Å²) in [5.41, 5.74) is 0. The second-order valence-corrected chi connectivity index (χ2v) is 8.46. The molecule has 9 heteroatoms. The molecule has 1 fully saturated rings. The van der Waals surface area contributed by atoms with Crippen molar-refractivity contribution in [2.24, 2.45) is 0 Å². The lowest BCUT2D eigenvalue weighted by atomic mass is 10.2. The average Bonchev–Trinajstić information content (AvgIpc) is 2.85. The van der Waals surface area contributed by atoms with Crippen molar-refractivity contribution < 1.29 is 13.2 Å². The molecule has 1 saturated heterocycles. The third-order valence-electron chi connectivity index (χ3n) is 3.03. The lowest BCUT2D eigenvalue weighted by molar-refractivity contribution is -0.133. The minimum atomic E-state index is -3.69. The molecule has 112 valence electrons. The number of sulfonamides is 1. The molecular formula is C11H16ClN3O3S2. The number of nitrogens with zero attached hydrogens (tertiary/aromatic N) is 2. The summed E-state index contributed by atoms with van der Waals surface area (Å²) in [6.45, 7) is 1.10. The summed E-state index contributed by atoms with van der Waals surface area (Å²) in [7, 11) is -0.459. The third-order valence-corrected chi connectivity index (χ3v) is 6.64. The number of nitrogens with one attached hydrogen (secondary N) is 1. The molecule has 2 rings (SSSR count). The highest BCUT2D eigenvalue weighted by molar-refractivity contribution is 7.91. The molecule has 0 aromatic carbocycles. The zero-order valence-corrected chi connectivity index (χ0v) is 13.6. The van der Waals surface area contributed by atoms with Crippen molar-refractivity contribution in [1.29, 1.82) is 0 Å². The lowest BCUT2D eigenvalue weighted by Crippen LogP contribution is -2.59. The first-order valence-corrected chi connectivity index (χ1v) is 8.66. The van der Waals surface area contributed by atoms with Crippen molar-refractivity contribution in [3.63, 3.8) is 0 Å². The van der Waals surface area contributed by atoms with Crippen molar-refractivity contribution in [1.82, 2.24) is 14.5 Å². The van der Waals surface area contributed by atoms with Crippen LogP contribution in [0.5, 0.6) is 0 Å². The largest absolute Gasteiger partial charge is 0.347 e. The number of hydrogen-bond acceptors (Lipinski definition) is 5. The van der Waals surface area contributed by atoms with Crippen molar-refractivity contribution in [3.05, 3.63) is 16.5 Å². The molecule has 0 saturated carbocycles. The Hall–Kier alpha value is -0.670. The van der Waals surface area contributed by atoms with Gasteiger partial charge in [-0.15, -0.1) is 11.3 Å². The number of likely N-dealkylation sites (N-methyl/N-ethyl adjacent to an activating group) is 1. The van der Waals surface area contributed by atoms with E-state index in [1.54, 1.807) is 20.2 Å². The van der Waals surface area contributed by atoms with Crippen LogP contribution in [-0.2, 0) is 14.8 Å². The van der Waals surface area contributed by atoms with Crippen LogP contribution in [0.4, 0.5) is 0 Å². The Bertz CT molecular complexity index is 600. The predicted octanol–water partition coefficient (Wildman–Crippen LogP) is 0.452. The molecule has 0 aliphatic carbocycles. The van der Waals surface area contributed by atoms with Crippen molar-refractivity contribution in [2.75, 3.05) is 33.7 Å². The van der Waals surface area contributed by atoms with E-state index in [1.807, 2.05) is 0 Å². The molecule has 1 unspecified atom stereocenters. The van der Waals surface area contributed by atoms with E-state index in [0.717, 1.165) is 11.3 Å². The van der Waals surface area contributed by atoms with Gasteiger partial charge >= 0.3 is 0 Å². The number of carbonyl (C=O) groups excluding carboxylic acids is 1. The fraction of sp³-hybridized carbons (Fsp3) is 0.545. The van der Waals surface area contributed by atoms with Gasteiger partial charge in [-0.1, -0.05) is 11.6 Å². The Morgan fingerprint density at radius 3 is 2.75 bits per heavy atom. The van der Waals surface area contributed by atoms with E-state index in [-0.39, 0.29) is 16.7 Å². The van der Waals surface area contributed by atoms with Gasteiger partial charge in [-0.25, -0.2) is 8.42 Å². The van der Waals surface area contributed by atoms with Gasteiger partial charge < -0.3 is 10.2 Å². The molecule has 1 amide bonds. The number of hydrogen-bond donors (Lipinski definition) is 1. The highest BCUT2D eigenvalue weighted by Crippen LogP contribution is 2.29. The predicted molar refractivity (Wildman–Crippen MR) is 78.6 cm³/mol. The van der Waals surface area contributed by atoms with Gasteiger partial charge in [-0.2, -0.15) is 4.31 Å². The van der Waals surface area contributed by atoms with E-state index in [0.29, 0.717) is 17.4 Å². The average molecular weight is 338 g/mol. The van der Waals surface area contributed by atoms with Crippen LogP contribution in [0.1, 0.15) is 0 Å². The molecule has 0 radical (unpaired) electrons. The molecular weight excluding hydrogens is 322 g/mol. The summed E-state index contributed by atoms with van der Waals surface area (Å²) in [5.74, 6) is -0.233. The van der Waals surface area contributed by atoms with E-state index in [2.05, 4.69) is 5.32 Å². The van der Waals surface area contributed by atoms with E-state index < -0.39 is 16.1 Å². The highest BCUT2D eigenvalue weighted by atomic mass is 35.5. The molecule has 0 bridgehead atoms. The summed E-state index contributed by atoms with van der Waals surface area (Å²) < 4.78 is 27.1. The topological polar surface area (TPSA) is 69.7 Å². The summed E-state index contributed by atoms with van der Waals surface area (Å²) in [4.78, 5) is 13.6. The first kappa shape index (κ1) is 15.7. The summed E-state index contributed by atoms with van der Waals surface area (Å²) in [6.07, 6.45) is 0. The Morgan fingerprint density at radius 2 is 2.20 bits per heavy atom. The van der Waals surface area contributed by atoms with Crippen LogP contribution in [-0.4, -0.2) is 63.3 Å². The number of amides is 1. The smallest absolute Gasteiger partial charge is 0.253 e. The molecule has 1 aromatic heterocycles. The second kappa shape index (κ2) is 5.98. The maximum absolute atomic E-state index is 12.6. The molecule has 2 heterocycles. The van der Waals surface area contributed by atoms with Crippen LogP contribution in [0, 0.1) is 0 Å². The monoisotopic (exact) mass is 337 g/mol. The van der Waals surface area contributed by atoms with E-state index >= 15 is 0 Å². The van der Waals surface area contributed by atoms with E-state index in [9.17, 15) is 13.2 Å². The lowest BCUT2D eigenvalue weighted by Gasteiger charge is -2.35. The number of halogens is 1. The van der Waals surface area contributed by atoms with Gasteiger partial charge in [0.2, 0.25) is 5.91 Å². The first-order valence-electron chi connectivity index (χ1n) is 6.03. The van der Waals surface area contributed by atoms with Gasteiger partial charge in [0, 0.05) is 33.7 Å². The summed E-state index contributed by atoms with van der Waals surface area (Å²) in [5, 5.41) is 3.05. The van der Waals surface area contributed by atoms with Crippen molar-refractivity contribution in [3.8, 4) is 0 Å². The standard InChI is InChI=1S/C11H16ClN3O3S2/c1-14(2)11(16)8-7-13-5-6-15(8)20(17,18)10-4-3-9(12)19-10/h3-4,8,13H,5-7H2,1-2H3. The van der Waals surface area contributed by atoms with Crippen LogP contribution in [0.2, 0.25) is 4.34 Å². The van der Waals surface area contributed by atoms with Gasteiger partial charge in [-0.05, 0) is 12.1 Å². The maximum atomic E-state index is 12.6. The van der Waals surface area contributed by atoms with Crippen molar-refractivity contribution in [2.45, 2.75) is 10.3 Å². The molecule has 1 aromatic rings. The Kier molecular flexibility index (Phi) is 4.70. The normalized spacial score (nSPS) is 20.9. The van der Waals surface area contributed by atoms with Crippen LogP contribution < -0.4 is 5.32 Å². The van der Waals surface area contributed by atoms with Gasteiger partial charge in [-0.3, -0.25) is 4.79 Å². The first-order chi connectivity index (χ1) is 9.34. The fourth-order valence-electron chi connectivity index (χ4n) is 2.03. The quantitative estimate of drug-likeness (QED) is 0.869. The van der Waals surface area contributed by atoms with Gasteiger partial charge in [0.15, 0.2) is 0 Å². The zero-order valence-electron chi connectivity index (χ0n) is 11.2. The fourth-order valence-corrected chi connectivity index (χ4v) is 5.23. The molecule has 1 aliphatic rings. The molecule has 1 atom stereocenters.